The van der Waals surface area contributed by atoms with Crippen molar-refractivity contribution >= 4 is 17.2 Å². The molecule has 9 heteroatoms. The average molecular weight is 423 g/mol. The molecule has 0 aliphatic carbocycles. The van der Waals surface area contributed by atoms with Gasteiger partial charge >= 0.3 is 6.18 Å². The van der Waals surface area contributed by atoms with E-state index in [4.69, 9.17) is 0 Å². The van der Waals surface area contributed by atoms with Crippen LogP contribution in [0.2, 0.25) is 0 Å². The number of benzene rings is 1. The van der Waals surface area contributed by atoms with Crippen molar-refractivity contribution in [3.63, 3.8) is 0 Å². The van der Waals surface area contributed by atoms with Gasteiger partial charge < -0.3 is 10.4 Å². The second-order valence-electron chi connectivity index (χ2n) is 7.13. The molecule has 2 N–H and O–H groups in total. The molecular formula is C21H21F4N3O2. The van der Waals surface area contributed by atoms with Gasteiger partial charge in [0, 0.05) is 6.20 Å². The van der Waals surface area contributed by atoms with E-state index in [1.165, 1.54) is 28.8 Å². The van der Waals surface area contributed by atoms with Crippen molar-refractivity contribution in [1.82, 2.24) is 9.61 Å². The van der Waals surface area contributed by atoms with E-state index in [1.54, 1.807) is 13.8 Å². The molecule has 0 aliphatic heterocycles. The van der Waals surface area contributed by atoms with Gasteiger partial charge in [-0.2, -0.15) is 13.2 Å². The Balaban J connectivity index is 2.10. The van der Waals surface area contributed by atoms with Gasteiger partial charge in [0.2, 0.25) is 5.91 Å². The van der Waals surface area contributed by atoms with Gasteiger partial charge in [-0.15, -0.1) is 5.10 Å². The molecule has 0 unspecified atom stereocenters. The number of halogens is 4. The zero-order chi connectivity index (χ0) is 22.1. The summed E-state index contributed by atoms with van der Waals surface area (Å²) in [6.07, 6.45) is -2.88. The fraction of sp³-hybridized carbons (Fsp3) is 0.333. The molecule has 1 amide bonds. The van der Waals surface area contributed by atoms with Crippen molar-refractivity contribution in [1.29, 1.82) is 0 Å². The number of nitrogens with one attached hydrogen (secondary N) is 1. The SMILES string of the molecule is CCC(O)(CC)CC(=O)Nc1nn2ccc(C(F)(F)F)cc2c1-c1ccc(F)cc1. The monoisotopic (exact) mass is 423 g/mol. The highest BCUT2D eigenvalue weighted by Gasteiger charge is 2.32. The van der Waals surface area contributed by atoms with Crippen LogP contribution in [0.3, 0.4) is 0 Å². The summed E-state index contributed by atoms with van der Waals surface area (Å²) in [7, 11) is 0. The first-order chi connectivity index (χ1) is 14.1. The molecule has 2 aromatic heterocycles. The zero-order valence-corrected chi connectivity index (χ0v) is 16.4. The minimum absolute atomic E-state index is 0.0282. The van der Waals surface area contributed by atoms with E-state index in [-0.39, 0.29) is 23.3 Å². The fourth-order valence-corrected chi connectivity index (χ4v) is 3.19. The minimum atomic E-state index is -4.56. The lowest BCUT2D eigenvalue weighted by atomic mass is 9.93. The summed E-state index contributed by atoms with van der Waals surface area (Å²) in [4.78, 5) is 12.5. The maximum atomic E-state index is 13.4. The molecule has 2 heterocycles. The van der Waals surface area contributed by atoms with Crippen LogP contribution in [0.5, 0.6) is 0 Å². The number of hydrogen-bond acceptors (Lipinski definition) is 3. The van der Waals surface area contributed by atoms with Crippen LogP contribution in [0.15, 0.2) is 42.6 Å². The number of aromatic nitrogens is 2. The Morgan fingerprint density at radius 2 is 1.77 bits per heavy atom. The number of aliphatic hydroxyl groups is 1. The molecule has 30 heavy (non-hydrogen) atoms. The van der Waals surface area contributed by atoms with E-state index in [2.05, 4.69) is 10.4 Å². The Labute approximate surface area is 170 Å². The number of carbonyl (C=O) groups is 1. The summed E-state index contributed by atoms with van der Waals surface area (Å²) >= 11 is 0. The van der Waals surface area contributed by atoms with Gasteiger partial charge in [-0.05, 0) is 42.7 Å². The van der Waals surface area contributed by atoms with Crippen LogP contribution in [-0.4, -0.2) is 26.2 Å². The highest BCUT2D eigenvalue weighted by Crippen LogP contribution is 2.36. The average Bonchev–Trinajstić information content (AvgIpc) is 3.04. The predicted molar refractivity (Wildman–Crippen MR) is 104 cm³/mol. The van der Waals surface area contributed by atoms with Crippen LogP contribution in [0, 0.1) is 5.82 Å². The van der Waals surface area contributed by atoms with Crippen molar-refractivity contribution in [3.05, 3.63) is 54.0 Å². The van der Waals surface area contributed by atoms with E-state index in [0.717, 1.165) is 18.3 Å². The number of amides is 1. The van der Waals surface area contributed by atoms with E-state index in [1.807, 2.05) is 0 Å². The topological polar surface area (TPSA) is 66.6 Å². The lowest BCUT2D eigenvalue weighted by Gasteiger charge is -2.24. The second-order valence-corrected chi connectivity index (χ2v) is 7.13. The third kappa shape index (κ3) is 4.46. The summed E-state index contributed by atoms with van der Waals surface area (Å²) < 4.78 is 54.2. The Hall–Kier alpha value is -2.94. The third-order valence-electron chi connectivity index (χ3n) is 5.16. The molecule has 0 radical (unpaired) electrons. The predicted octanol–water partition coefficient (Wildman–Crippen LogP) is 5.04. The van der Waals surface area contributed by atoms with Gasteiger partial charge in [-0.25, -0.2) is 8.91 Å². The number of anilines is 1. The number of hydrogen-bond donors (Lipinski definition) is 2. The highest BCUT2D eigenvalue weighted by molar-refractivity contribution is 5.99. The first-order valence-electron chi connectivity index (χ1n) is 9.44. The van der Waals surface area contributed by atoms with Crippen LogP contribution in [-0.2, 0) is 11.0 Å². The molecule has 0 aliphatic rings. The molecule has 1 aromatic carbocycles. The summed E-state index contributed by atoms with van der Waals surface area (Å²) in [6, 6.07) is 6.95. The maximum absolute atomic E-state index is 13.4. The second kappa shape index (κ2) is 8.06. The molecule has 0 atom stereocenters. The van der Waals surface area contributed by atoms with Gasteiger partial charge in [-0.1, -0.05) is 26.0 Å². The Morgan fingerprint density at radius 3 is 2.33 bits per heavy atom. The quantitative estimate of drug-likeness (QED) is 0.546. The van der Waals surface area contributed by atoms with Crippen LogP contribution in [0.4, 0.5) is 23.4 Å². The van der Waals surface area contributed by atoms with E-state index >= 15 is 0 Å². The number of pyridine rings is 1. The Morgan fingerprint density at radius 1 is 1.13 bits per heavy atom. The number of alkyl halides is 3. The Kier molecular flexibility index (Phi) is 5.85. The van der Waals surface area contributed by atoms with E-state index in [9.17, 15) is 27.5 Å². The lowest BCUT2D eigenvalue weighted by Crippen LogP contribution is -2.32. The summed E-state index contributed by atoms with van der Waals surface area (Å²) in [6.45, 7) is 3.51. The van der Waals surface area contributed by atoms with Crippen molar-refractivity contribution in [2.45, 2.75) is 44.9 Å². The van der Waals surface area contributed by atoms with Crippen LogP contribution >= 0.6 is 0 Å². The third-order valence-corrected chi connectivity index (χ3v) is 5.16. The van der Waals surface area contributed by atoms with Crippen molar-refractivity contribution < 1.29 is 27.5 Å². The molecule has 3 rings (SSSR count). The van der Waals surface area contributed by atoms with Crippen LogP contribution in [0.25, 0.3) is 16.6 Å². The van der Waals surface area contributed by atoms with Crippen molar-refractivity contribution in [3.8, 4) is 11.1 Å². The van der Waals surface area contributed by atoms with Gasteiger partial charge in [0.15, 0.2) is 5.82 Å². The largest absolute Gasteiger partial charge is 0.416 e. The normalized spacial score (nSPS) is 12.4. The van der Waals surface area contributed by atoms with E-state index in [0.29, 0.717) is 18.4 Å². The fourth-order valence-electron chi connectivity index (χ4n) is 3.19. The van der Waals surface area contributed by atoms with Gasteiger partial charge in [0.1, 0.15) is 5.82 Å². The molecule has 0 saturated carbocycles. The van der Waals surface area contributed by atoms with E-state index < -0.39 is 29.1 Å². The number of rotatable bonds is 6. The van der Waals surface area contributed by atoms with Crippen LogP contribution < -0.4 is 5.32 Å². The summed E-state index contributed by atoms with van der Waals surface area (Å²) in [5, 5.41) is 17.2. The maximum Gasteiger partial charge on any atom is 0.416 e. The molecule has 0 bridgehead atoms. The number of fused-ring (bicyclic) bond motifs is 1. The van der Waals surface area contributed by atoms with Gasteiger partial charge in [0.05, 0.1) is 28.7 Å². The van der Waals surface area contributed by atoms with Crippen molar-refractivity contribution in [2.75, 3.05) is 5.32 Å². The summed E-state index contributed by atoms with van der Waals surface area (Å²) in [5.74, 6) is -1.00. The summed E-state index contributed by atoms with van der Waals surface area (Å²) in [5.41, 5.74) is -1.34. The lowest BCUT2D eigenvalue weighted by molar-refractivity contribution is -0.137. The van der Waals surface area contributed by atoms with Crippen LogP contribution in [0.1, 0.15) is 38.7 Å². The molecule has 3 aromatic rings. The Bertz CT molecular complexity index is 1050. The number of nitrogens with zero attached hydrogens (tertiary/aromatic N) is 2. The molecule has 0 spiro atoms. The molecule has 0 saturated heterocycles. The molecule has 0 fully saturated rings. The molecule has 5 nitrogen and oxygen atoms in total. The molecule has 160 valence electrons. The molecular weight excluding hydrogens is 402 g/mol. The highest BCUT2D eigenvalue weighted by atomic mass is 19.4. The first kappa shape index (κ1) is 21.8. The minimum Gasteiger partial charge on any atom is -0.389 e. The first-order valence-corrected chi connectivity index (χ1v) is 9.44. The standard InChI is InChI=1S/C21H21F4N3O2/c1-3-20(30,4-2)12-17(29)26-19-18(13-5-7-15(22)8-6-13)16-11-14(21(23,24)25)9-10-28(16)27-19/h5-11,30H,3-4,12H2,1-2H3,(H,26,27,29). The van der Waals surface area contributed by atoms with Gasteiger partial charge in [0.25, 0.3) is 0 Å². The number of carbonyl (C=O) groups excluding carboxylic acids is 1. The zero-order valence-electron chi connectivity index (χ0n) is 16.4. The smallest absolute Gasteiger partial charge is 0.389 e. The van der Waals surface area contributed by atoms with Gasteiger partial charge in [-0.3, -0.25) is 4.79 Å². The van der Waals surface area contributed by atoms with Crippen molar-refractivity contribution in [2.24, 2.45) is 0 Å².